The van der Waals surface area contributed by atoms with Crippen LogP contribution >= 0.6 is 0 Å². The van der Waals surface area contributed by atoms with Gasteiger partial charge in [0, 0.05) is 39.3 Å². The zero-order chi connectivity index (χ0) is 19.1. The molecule has 0 saturated carbocycles. The number of hydrogen-bond donors (Lipinski definition) is 1. The van der Waals surface area contributed by atoms with E-state index in [-0.39, 0.29) is 0 Å². The lowest BCUT2D eigenvalue weighted by Crippen LogP contribution is -2.55. The van der Waals surface area contributed by atoms with E-state index in [1.165, 1.54) is 0 Å². The Bertz CT molecular complexity index is 702. The lowest BCUT2D eigenvalue weighted by molar-refractivity contribution is -0.149. The SMILES string of the molecule is CN1CCN(NC(=O)C(=O)N(Cc2ccccc2)Cc2ccccc2)CC1. The number of likely N-dealkylation sites (N-methyl/N-ethyl adjacent to an activating group) is 1. The summed E-state index contributed by atoms with van der Waals surface area (Å²) in [5, 5.41) is 1.82. The van der Waals surface area contributed by atoms with Gasteiger partial charge in [-0.25, -0.2) is 5.01 Å². The number of hydrogen-bond acceptors (Lipinski definition) is 4. The van der Waals surface area contributed by atoms with Crippen LogP contribution in [0.4, 0.5) is 0 Å². The van der Waals surface area contributed by atoms with E-state index >= 15 is 0 Å². The van der Waals surface area contributed by atoms with Crippen LogP contribution in [0.5, 0.6) is 0 Å². The summed E-state index contributed by atoms with van der Waals surface area (Å²) in [5.41, 5.74) is 4.76. The summed E-state index contributed by atoms with van der Waals surface area (Å²) in [6.45, 7) is 3.95. The number of carbonyl (C=O) groups excluding carboxylic acids is 2. The third-order valence-electron chi connectivity index (χ3n) is 4.68. The van der Waals surface area contributed by atoms with Crippen molar-refractivity contribution in [3.8, 4) is 0 Å². The number of piperazine rings is 1. The molecule has 6 heteroatoms. The highest BCUT2D eigenvalue weighted by Gasteiger charge is 2.25. The number of carbonyl (C=O) groups is 2. The molecular formula is C21H26N4O2. The molecule has 0 spiro atoms. The number of benzene rings is 2. The monoisotopic (exact) mass is 366 g/mol. The first-order chi connectivity index (χ1) is 13.1. The molecule has 142 valence electrons. The molecule has 0 bridgehead atoms. The maximum absolute atomic E-state index is 12.9. The number of hydrazine groups is 1. The van der Waals surface area contributed by atoms with Crippen molar-refractivity contribution in [3.63, 3.8) is 0 Å². The minimum Gasteiger partial charge on any atom is -0.326 e. The van der Waals surface area contributed by atoms with Crippen molar-refractivity contribution in [1.82, 2.24) is 20.2 Å². The molecule has 2 aromatic carbocycles. The second-order valence-corrected chi connectivity index (χ2v) is 6.86. The molecular weight excluding hydrogens is 340 g/mol. The molecule has 1 aliphatic heterocycles. The molecule has 1 heterocycles. The zero-order valence-corrected chi connectivity index (χ0v) is 15.7. The third-order valence-corrected chi connectivity index (χ3v) is 4.68. The Labute approximate surface area is 160 Å². The largest absolute Gasteiger partial charge is 0.326 e. The molecule has 27 heavy (non-hydrogen) atoms. The van der Waals surface area contributed by atoms with Gasteiger partial charge < -0.3 is 9.80 Å². The molecule has 0 aliphatic carbocycles. The average molecular weight is 366 g/mol. The highest BCUT2D eigenvalue weighted by Crippen LogP contribution is 2.11. The fourth-order valence-electron chi connectivity index (χ4n) is 3.06. The second-order valence-electron chi connectivity index (χ2n) is 6.86. The predicted molar refractivity (Wildman–Crippen MR) is 104 cm³/mol. The summed E-state index contributed by atoms with van der Waals surface area (Å²) in [4.78, 5) is 29.2. The highest BCUT2D eigenvalue weighted by molar-refractivity contribution is 6.34. The number of amides is 2. The maximum Gasteiger partial charge on any atom is 0.323 e. The quantitative estimate of drug-likeness (QED) is 0.815. The van der Waals surface area contributed by atoms with Gasteiger partial charge in [-0.05, 0) is 18.2 Å². The zero-order valence-electron chi connectivity index (χ0n) is 15.7. The van der Waals surface area contributed by atoms with Crippen molar-refractivity contribution in [2.75, 3.05) is 33.2 Å². The normalized spacial score (nSPS) is 15.3. The second kappa shape index (κ2) is 9.30. The molecule has 0 unspecified atom stereocenters. The third kappa shape index (κ3) is 5.64. The minimum absolute atomic E-state index is 0.394. The van der Waals surface area contributed by atoms with Gasteiger partial charge in [-0.15, -0.1) is 0 Å². The fourth-order valence-corrected chi connectivity index (χ4v) is 3.06. The van der Waals surface area contributed by atoms with Crippen LogP contribution < -0.4 is 5.43 Å². The van der Waals surface area contributed by atoms with Gasteiger partial charge in [0.15, 0.2) is 0 Å². The van der Waals surface area contributed by atoms with E-state index in [4.69, 9.17) is 0 Å². The number of nitrogens with one attached hydrogen (secondary N) is 1. The van der Waals surface area contributed by atoms with Gasteiger partial charge >= 0.3 is 11.8 Å². The molecule has 1 fully saturated rings. The highest BCUT2D eigenvalue weighted by atomic mass is 16.2. The number of nitrogens with zero attached hydrogens (tertiary/aromatic N) is 3. The van der Waals surface area contributed by atoms with Crippen molar-refractivity contribution < 1.29 is 9.59 Å². The molecule has 0 radical (unpaired) electrons. The summed E-state index contributed by atoms with van der Waals surface area (Å²) < 4.78 is 0. The molecule has 1 aliphatic rings. The van der Waals surface area contributed by atoms with Crippen molar-refractivity contribution in [2.24, 2.45) is 0 Å². The minimum atomic E-state index is -0.577. The Balaban J connectivity index is 1.68. The van der Waals surface area contributed by atoms with Gasteiger partial charge in [-0.3, -0.25) is 15.0 Å². The van der Waals surface area contributed by atoms with E-state index in [2.05, 4.69) is 10.3 Å². The van der Waals surface area contributed by atoms with E-state index in [1.807, 2.05) is 72.7 Å². The Morgan fingerprint density at radius 2 is 1.33 bits per heavy atom. The van der Waals surface area contributed by atoms with Crippen molar-refractivity contribution in [2.45, 2.75) is 13.1 Å². The summed E-state index contributed by atoms with van der Waals surface area (Å²) in [6.07, 6.45) is 0. The lowest BCUT2D eigenvalue weighted by Gasteiger charge is -2.32. The Hall–Kier alpha value is -2.70. The van der Waals surface area contributed by atoms with Gasteiger partial charge in [-0.2, -0.15) is 0 Å². The fraction of sp³-hybridized carbons (Fsp3) is 0.333. The van der Waals surface area contributed by atoms with E-state index in [9.17, 15) is 9.59 Å². The average Bonchev–Trinajstić information content (AvgIpc) is 2.70. The van der Waals surface area contributed by atoms with Crippen molar-refractivity contribution >= 4 is 11.8 Å². The van der Waals surface area contributed by atoms with Crippen LogP contribution in [0.1, 0.15) is 11.1 Å². The van der Waals surface area contributed by atoms with E-state index in [0.717, 1.165) is 24.2 Å². The van der Waals surface area contributed by atoms with Crippen LogP contribution in [0, 0.1) is 0 Å². The molecule has 0 aromatic heterocycles. The van der Waals surface area contributed by atoms with Gasteiger partial charge in [0.2, 0.25) is 0 Å². The first-order valence-corrected chi connectivity index (χ1v) is 9.23. The molecule has 1 saturated heterocycles. The van der Waals surface area contributed by atoms with E-state index in [0.29, 0.717) is 26.2 Å². The molecule has 6 nitrogen and oxygen atoms in total. The molecule has 3 rings (SSSR count). The Kier molecular flexibility index (Phi) is 6.57. The standard InChI is InChI=1S/C21H26N4O2/c1-23-12-14-25(15-13-23)22-20(26)21(27)24(16-18-8-4-2-5-9-18)17-19-10-6-3-7-11-19/h2-11H,12-17H2,1H3,(H,22,26). The molecule has 2 amide bonds. The van der Waals surface area contributed by atoms with Gasteiger partial charge in [0.1, 0.15) is 0 Å². The summed E-state index contributed by atoms with van der Waals surface area (Å²) >= 11 is 0. The predicted octanol–water partition coefficient (Wildman–Crippen LogP) is 1.49. The maximum atomic E-state index is 12.9. The van der Waals surface area contributed by atoms with Crippen LogP contribution in [-0.2, 0) is 22.7 Å². The van der Waals surface area contributed by atoms with Crippen LogP contribution in [-0.4, -0.2) is 59.8 Å². The van der Waals surface area contributed by atoms with Gasteiger partial charge in [0.25, 0.3) is 0 Å². The van der Waals surface area contributed by atoms with Crippen molar-refractivity contribution in [1.29, 1.82) is 0 Å². The van der Waals surface area contributed by atoms with Gasteiger partial charge in [0.05, 0.1) is 0 Å². The van der Waals surface area contributed by atoms with E-state index in [1.54, 1.807) is 4.90 Å². The van der Waals surface area contributed by atoms with E-state index < -0.39 is 11.8 Å². The smallest absolute Gasteiger partial charge is 0.323 e. The Morgan fingerprint density at radius 1 is 0.852 bits per heavy atom. The molecule has 2 aromatic rings. The van der Waals surface area contributed by atoms with Crippen molar-refractivity contribution in [3.05, 3.63) is 71.8 Å². The first-order valence-electron chi connectivity index (χ1n) is 9.23. The molecule has 1 N–H and O–H groups in total. The summed E-state index contributed by atoms with van der Waals surface area (Å²) in [5.74, 6) is -1.09. The number of rotatable bonds is 5. The van der Waals surface area contributed by atoms with Crippen LogP contribution in [0.25, 0.3) is 0 Å². The van der Waals surface area contributed by atoms with Crippen LogP contribution in [0.2, 0.25) is 0 Å². The molecule has 0 atom stereocenters. The summed E-state index contributed by atoms with van der Waals surface area (Å²) in [7, 11) is 2.05. The first kappa shape index (κ1) is 19.1. The summed E-state index contributed by atoms with van der Waals surface area (Å²) in [6, 6.07) is 19.5. The lowest BCUT2D eigenvalue weighted by atomic mass is 10.1. The topological polar surface area (TPSA) is 55.9 Å². The van der Waals surface area contributed by atoms with Gasteiger partial charge in [-0.1, -0.05) is 60.7 Å². The Morgan fingerprint density at radius 3 is 1.81 bits per heavy atom. The van der Waals surface area contributed by atoms with Crippen LogP contribution in [0.3, 0.4) is 0 Å². The van der Waals surface area contributed by atoms with Crippen LogP contribution in [0.15, 0.2) is 60.7 Å².